The zero-order chi connectivity index (χ0) is 29.8. The lowest BCUT2D eigenvalue weighted by Gasteiger charge is -2.27. The number of nitrogens with one attached hydrogen (secondary N) is 1. The first kappa shape index (κ1) is 35.2. The van der Waals surface area contributed by atoms with Crippen LogP contribution in [0, 0.1) is 6.92 Å². The number of hydrogen-bond acceptors (Lipinski definition) is 11. The molecule has 0 spiro atoms. The van der Waals surface area contributed by atoms with Crippen molar-refractivity contribution >= 4 is 23.8 Å². The van der Waals surface area contributed by atoms with Gasteiger partial charge in [-0.2, -0.15) is 0 Å². The molecule has 0 aliphatic rings. The van der Waals surface area contributed by atoms with Crippen molar-refractivity contribution in [1.82, 2.24) is 10.3 Å². The second-order valence-electron chi connectivity index (χ2n) is 9.77. The highest BCUT2D eigenvalue weighted by Gasteiger charge is 2.25. The van der Waals surface area contributed by atoms with Gasteiger partial charge in [-0.15, -0.1) is 0 Å². The maximum atomic E-state index is 12.8. The van der Waals surface area contributed by atoms with Crippen LogP contribution in [-0.4, -0.2) is 108 Å². The van der Waals surface area contributed by atoms with E-state index < -0.39 is 23.7 Å². The number of hydrogen-bond donors (Lipinski definition) is 2. The van der Waals surface area contributed by atoms with Crippen LogP contribution >= 0.6 is 0 Å². The Morgan fingerprint density at radius 2 is 1.60 bits per heavy atom. The van der Waals surface area contributed by atoms with E-state index in [9.17, 15) is 14.4 Å². The number of aromatic nitrogens is 1. The van der Waals surface area contributed by atoms with Crippen LogP contribution in [0.4, 0.5) is 10.6 Å². The molecule has 0 fully saturated rings. The van der Waals surface area contributed by atoms with Crippen molar-refractivity contribution in [3.05, 3.63) is 23.9 Å². The highest BCUT2D eigenvalue weighted by Crippen LogP contribution is 2.18. The van der Waals surface area contributed by atoms with Crippen LogP contribution in [0.1, 0.15) is 39.2 Å². The molecule has 0 aliphatic heterocycles. The van der Waals surface area contributed by atoms with Gasteiger partial charge in [0.25, 0.3) is 0 Å². The Kier molecular flexibility index (Phi) is 17.7. The van der Waals surface area contributed by atoms with Gasteiger partial charge in [0.2, 0.25) is 5.91 Å². The van der Waals surface area contributed by atoms with Crippen LogP contribution in [0.2, 0.25) is 0 Å². The molecule has 0 bridgehead atoms. The summed E-state index contributed by atoms with van der Waals surface area (Å²) in [6.07, 6.45) is 1.41. The summed E-state index contributed by atoms with van der Waals surface area (Å²) in [4.78, 5) is 43.2. The smallest absolute Gasteiger partial charge is 0.416 e. The maximum absolute atomic E-state index is 12.8. The molecule has 1 aromatic heterocycles. The summed E-state index contributed by atoms with van der Waals surface area (Å²) in [5.74, 6) is -0.580. The molecular weight excluding hydrogens is 524 g/mol. The molecule has 0 saturated heterocycles. The Hall–Kier alpha value is -2.84. The average molecular weight is 571 g/mol. The van der Waals surface area contributed by atoms with E-state index >= 15 is 0 Å². The number of carbonyl (C=O) groups is 3. The van der Waals surface area contributed by atoms with E-state index in [4.69, 9.17) is 34.2 Å². The van der Waals surface area contributed by atoms with Gasteiger partial charge in [-0.05, 0) is 51.8 Å². The summed E-state index contributed by atoms with van der Waals surface area (Å²) in [6.45, 7) is 10.6. The molecule has 1 unspecified atom stereocenters. The molecule has 40 heavy (non-hydrogen) atoms. The molecule has 0 aliphatic carbocycles. The number of amides is 2. The fourth-order valence-electron chi connectivity index (χ4n) is 3.20. The number of anilines is 1. The molecule has 3 N–H and O–H groups in total. The first-order chi connectivity index (χ1) is 19.1. The SMILES string of the molecule is COC(=O)C(COCCOCCOCCOCCN)NC(=O)CCCN(C(=O)OC(C)(C)C)c1cc(C)ccn1. The minimum Gasteiger partial charge on any atom is -0.467 e. The van der Waals surface area contributed by atoms with Crippen molar-refractivity contribution in [3.8, 4) is 0 Å². The summed E-state index contributed by atoms with van der Waals surface area (Å²) >= 11 is 0. The Balaban J connectivity index is 2.44. The van der Waals surface area contributed by atoms with E-state index in [1.54, 1.807) is 33.0 Å². The highest BCUT2D eigenvalue weighted by atomic mass is 16.6. The van der Waals surface area contributed by atoms with Gasteiger partial charge in [-0.25, -0.2) is 14.6 Å². The quantitative estimate of drug-likeness (QED) is 0.173. The van der Waals surface area contributed by atoms with Gasteiger partial charge >= 0.3 is 12.1 Å². The van der Waals surface area contributed by atoms with Gasteiger partial charge in [0.1, 0.15) is 11.4 Å². The molecule has 13 heteroatoms. The fourth-order valence-corrected chi connectivity index (χ4v) is 3.20. The zero-order valence-corrected chi connectivity index (χ0v) is 24.4. The van der Waals surface area contributed by atoms with Crippen LogP contribution in [0.25, 0.3) is 0 Å². The molecule has 1 aromatic rings. The van der Waals surface area contributed by atoms with Gasteiger partial charge in [0.05, 0.1) is 60.0 Å². The van der Waals surface area contributed by atoms with Gasteiger partial charge in [0.15, 0.2) is 6.04 Å². The zero-order valence-electron chi connectivity index (χ0n) is 24.4. The number of esters is 1. The van der Waals surface area contributed by atoms with Crippen LogP contribution < -0.4 is 16.0 Å². The molecule has 0 radical (unpaired) electrons. The molecule has 1 rings (SSSR count). The third-order valence-corrected chi connectivity index (χ3v) is 5.06. The van der Waals surface area contributed by atoms with Crippen molar-refractivity contribution in [2.45, 2.75) is 52.2 Å². The molecule has 0 aromatic carbocycles. The van der Waals surface area contributed by atoms with Crippen LogP contribution in [0.15, 0.2) is 18.3 Å². The Morgan fingerprint density at radius 1 is 1.00 bits per heavy atom. The third-order valence-electron chi connectivity index (χ3n) is 5.06. The van der Waals surface area contributed by atoms with Gasteiger partial charge in [0, 0.05) is 25.7 Å². The number of ether oxygens (including phenoxy) is 6. The first-order valence-electron chi connectivity index (χ1n) is 13.4. The van der Waals surface area contributed by atoms with E-state index in [-0.39, 0.29) is 32.1 Å². The number of methoxy groups -OCH3 is 1. The maximum Gasteiger partial charge on any atom is 0.416 e. The number of rotatable bonds is 20. The molecule has 228 valence electrons. The lowest BCUT2D eigenvalue weighted by molar-refractivity contribution is -0.147. The largest absolute Gasteiger partial charge is 0.467 e. The number of nitrogens with zero attached hydrogens (tertiary/aromatic N) is 2. The Labute approximate surface area is 236 Å². The van der Waals surface area contributed by atoms with E-state index in [1.165, 1.54) is 12.0 Å². The van der Waals surface area contributed by atoms with Crippen molar-refractivity contribution < 1.29 is 42.8 Å². The topological polar surface area (TPSA) is 161 Å². The van der Waals surface area contributed by atoms with Gasteiger partial charge in [-0.3, -0.25) is 9.69 Å². The monoisotopic (exact) mass is 570 g/mol. The van der Waals surface area contributed by atoms with Crippen molar-refractivity contribution in [2.24, 2.45) is 5.73 Å². The lowest BCUT2D eigenvalue weighted by Crippen LogP contribution is -2.45. The number of nitrogens with two attached hydrogens (primary N) is 1. The molecule has 0 saturated carbocycles. The summed E-state index contributed by atoms with van der Waals surface area (Å²) < 4.78 is 31.8. The molecule has 1 heterocycles. The second-order valence-corrected chi connectivity index (χ2v) is 9.77. The standard InChI is InChI=1S/C27H46N4O9/c1-21-8-10-29-23(19-21)31(26(34)40-27(2,3)4)11-6-7-24(32)30-22(25(33)35-5)20-39-18-17-38-16-15-37-14-13-36-12-9-28/h8,10,19,22H,6-7,9,11-18,20,28H2,1-5H3,(H,30,32). The fraction of sp³-hybridized carbons (Fsp3) is 0.704. The van der Waals surface area contributed by atoms with E-state index in [2.05, 4.69) is 10.3 Å². The normalized spacial score (nSPS) is 12.1. The van der Waals surface area contributed by atoms with Gasteiger partial charge < -0.3 is 39.5 Å². The first-order valence-corrected chi connectivity index (χ1v) is 13.4. The number of aryl methyl sites for hydroxylation is 1. The molecular formula is C27H46N4O9. The summed E-state index contributed by atoms with van der Waals surface area (Å²) in [5, 5.41) is 2.63. The number of carbonyl (C=O) groups excluding carboxylic acids is 3. The van der Waals surface area contributed by atoms with Gasteiger partial charge in [-0.1, -0.05) is 0 Å². The van der Waals surface area contributed by atoms with Crippen molar-refractivity contribution in [3.63, 3.8) is 0 Å². The lowest BCUT2D eigenvalue weighted by atomic mass is 10.2. The second kappa shape index (κ2) is 20.1. The number of pyridine rings is 1. The predicted octanol–water partition coefficient (Wildman–Crippen LogP) is 1.59. The van der Waals surface area contributed by atoms with Crippen LogP contribution in [0.3, 0.4) is 0 Å². The summed E-state index contributed by atoms with van der Waals surface area (Å²) in [5.41, 5.74) is 5.57. The van der Waals surface area contributed by atoms with E-state index in [0.717, 1.165) is 5.56 Å². The van der Waals surface area contributed by atoms with E-state index in [1.807, 2.05) is 13.0 Å². The molecule has 2 amide bonds. The Morgan fingerprint density at radius 3 is 2.15 bits per heavy atom. The summed E-state index contributed by atoms with van der Waals surface area (Å²) in [7, 11) is 1.24. The van der Waals surface area contributed by atoms with Crippen molar-refractivity contribution in [2.75, 3.05) is 78.0 Å². The molecule has 1 atom stereocenters. The van der Waals surface area contributed by atoms with Crippen molar-refractivity contribution in [1.29, 1.82) is 0 Å². The minimum atomic E-state index is -0.977. The van der Waals surface area contributed by atoms with Crippen LogP contribution in [0.5, 0.6) is 0 Å². The predicted molar refractivity (Wildman–Crippen MR) is 148 cm³/mol. The minimum absolute atomic E-state index is 0.0545. The van der Waals surface area contributed by atoms with E-state index in [0.29, 0.717) is 58.4 Å². The third kappa shape index (κ3) is 16.3. The summed E-state index contributed by atoms with van der Waals surface area (Å²) in [6, 6.07) is 2.61. The molecule has 13 nitrogen and oxygen atoms in total. The van der Waals surface area contributed by atoms with Crippen LogP contribution in [-0.2, 0) is 38.0 Å². The average Bonchev–Trinajstić information content (AvgIpc) is 2.89. The highest BCUT2D eigenvalue weighted by molar-refractivity contribution is 5.87. The Bertz CT molecular complexity index is 880.